The van der Waals surface area contributed by atoms with Crippen LogP contribution >= 0.6 is 0 Å². The molecule has 124 valence electrons. The van der Waals surface area contributed by atoms with Crippen LogP contribution in [-0.4, -0.2) is 29.9 Å². The maximum atomic E-state index is 12.4. The number of nitrogens with one attached hydrogen (secondary N) is 1. The normalized spacial score (nSPS) is 17.0. The van der Waals surface area contributed by atoms with Gasteiger partial charge in [-0.05, 0) is 54.9 Å². The molecule has 1 amide bonds. The first-order valence-electron chi connectivity index (χ1n) is 8.97. The second-order valence-corrected chi connectivity index (χ2v) is 7.10. The molecule has 0 unspecified atom stereocenters. The molecule has 2 aliphatic rings. The highest BCUT2D eigenvalue weighted by atomic mass is 16.2. The molecule has 0 aliphatic heterocycles. The summed E-state index contributed by atoms with van der Waals surface area (Å²) in [5.74, 6) is 0.943. The van der Waals surface area contributed by atoms with Gasteiger partial charge in [0.15, 0.2) is 0 Å². The fraction of sp³-hybridized carbons (Fsp3) is 0.381. The number of hydrogen-bond donors (Lipinski definition) is 1. The van der Waals surface area contributed by atoms with E-state index in [-0.39, 0.29) is 5.91 Å². The second kappa shape index (κ2) is 6.78. The molecule has 2 fully saturated rings. The fourth-order valence-electron chi connectivity index (χ4n) is 3.18. The quantitative estimate of drug-likeness (QED) is 0.830. The summed E-state index contributed by atoms with van der Waals surface area (Å²) in [6.45, 7) is 1.63. The van der Waals surface area contributed by atoms with Crippen molar-refractivity contribution < 1.29 is 4.79 Å². The lowest BCUT2D eigenvalue weighted by molar-refractivity contribution is -0.117. The highest BCUT2D eigenvalue weighted by Gasteiger charge is 2.34. The summed E-state index contributed by atoms with van der Waals surface area (Å²) in [6.07, 6.45) is 5.19. The lowest BCUT2D eigenvalue weighted by Gasteiger charge is -2.21. The van der Waals surface area contributed by atoms with Crippen LogP contribution in [0.15, 0.2) is 54.6 Å². The van der Waals surface area contributed by atoms with Gasteiger partial charge < -0.3 is 5.32 Å². The maximum absolute atomic E-state index is 12.4. The number of anilines is 1. The minimum absolute atomic E-state index is 0.106. The maximum Gasteiger partial charge on any atom is 0.238 e. The molecule has 24 heavy (non-hydrogen) atoms. The Morgan fingerprint density at radius 1 is 0.917 bits per heavy atom. The van der Waals surface area contributed by atoms with E-state index in [1.165, 1.54) is 36.8 Å². The van der Waals surface area contributed by atoms with Gasteiger partial charge in [0, 0.05) is 18.3 Å². The molecule has 0 aromatic heterocycles. The molecule has 0 heterocycles. The van der Waals surface area contributed by atoms with Crippen molar-refractivity contribution in [2.45, 2.75) is 31.7 Å². The van der Waals surface area contributed by atoms with Gasteiger partial charge in [0.1, 0.15) is 0 Å². The smallest absolute Gasteiger partial charge is 0.238 e. The molecule has 2 aromatic rings. The highest BCUT2D eigenvalue weighted by molar-refractivity contribution is 5.92. The molecule has 3 nitrogen and oxygen atoms in total. The lowest BCUT2D eigenvalue weighted by Crippen LogP contribution is -2.36. The number of carbonyl (C=O) groups excluding carboxylic acids is 1. The van der Waals surface area contributed by atoms with Gasteiger partial charge in [-0.3, -0.25) is 9.69 Å². The van der Waals surface area contributed by atoms with Crippen LogP contribution in [0.1, 0.15) is 25.7 Å². The SMILES string of the molecule is O=C(CN(CC1CC1)C1CC1)Nc1ccc(-c2ccccc2)cc1. The van der Waals surface area contributed by atoms with Crippen molar-refractivity contribution in [3.8, 4) is 11.1 Å². The molecule has 4 rings (SSSR count). The van der Waals surface area contributed by atoms with E-state index in [0.29, 0.717) is 12.6 Å². The fourth-order valence-corrected chi connectivity index (χ4v) is 3.18. The number of hydrogen-bond acceptors (Lipinski definition) is 2. The third kappa shape index (κ3) is 4.04. The molecule has 2 aliphatic carbocycles. The zero-order chi connectivity index (χ0) is 16.4. The minimum Gasteiger partial charge on any atom is -0.325 e. The first kappa shape index (κ1) is 15.4. The van der Waals surface area contributed by atoms with Crippen molar-refractivity contribution >= 4 is 11.6 Å². The van der Waals surface area contributed by atoms with Gasteiger partial charge in [-0.2, -0.15) is 0 Å². The molecule has 0 atom stereocenters. The summed E-state index contributed by atoms with van der Waals surface area (Å²) >= 11 is 0. The monoisotopic (exact) mass is 320 g/mol. The van der Waals surface area contributed by atoms with Gasteiger partial charge in [-0.1, -0.05) is 42.5 Å². The van der Waals surface area contributed by atoms with Gasteiger partial charge in [-0.25, -0.2) is 0 Å². The number of benzene rings is 2. The minimum atomic E-state index is 0.106. The van der Waals surface area contributed by atoms with E-state index in [1.54, 1.807) is 0 Å². The van der Waals surface area contributed by atoms with Crippen molar-refractivity contribution in [2.24, 2.45) is 5.92 Å². The Morgan fingerprint density at radius 2 is 1.58 bits per heavy atom. The molecule has 0 radical (unpaired) electrons. The zero-order valence-corrected chi connectivity index (χ0v) is 13.9. The summed E-state index contributed by atoms with van der Waals surface area (Å²) < 4.78 is 0. The zero-order valence-electron chi connectivity index (χ0n) is 13.9. The Balaban J connectivity index is 1.35. The van der Waals surface area contributed by atoms with Crippen LogP contribution in [0.3, 0.4) is 0 Å². The number of nitrogens with zero attached hydrogens (tertiary/aromatic N) is 1. The molecule has 3 heteroatoms. The molecular weight excluding hydrogens is 296 g/mol. The summed E-state index contributed by atoms with van der Waals surface area (Å²) in [4.78, 5) is 14.7. The molecule has 0 spiro atoms. The Hall–Kier alpha value is -2.13. The van der Waals surface area contributed by atoms with E-state index in [2.05, 4.69) is 34.5 Å². The summed E-state index contributed by atoms with van der Waals surface area (Å²) in [5.41, 5.74) is 3.24. The van der Waals surface area contributed by atoms with E-state index in [4.69, 9.17) is 0 Å². The van der Waals surface area contributed by atoms with E-state index >= 15 is 0 Å². The van der Waals surface area contributed by atoms with Gasteiger partial charge in [0.2, 0.25) is 5.91 Å². The van der Waals surface area contributed by atoms with Crippen LogP contribution < -0.4 is 5.32 Å². The van der Waals surface area contributed by atoms with Crippen LogP contribution in [-0.2, 0) is 4.79 Å². The van der Waals surface area contributed by atoms with Crippen LogP contribution in [0.2, 0.25) is 0 Å². The first-order chi connectivity index (χ1) is 11.8. The molecule has 0 saturated heterocycles. The Morgan fingerprint density at radius 3 is 2.21 bits per heavy atom. The van der Waals surface area contributed by atoms with E-state index in [1.807, 2.05) is 30.3 Å². The molecule has 2 saturated carbocycles. The molecule has 1 N–H and O–H groups in total. The molecule has 2 aromatic carbocycles. The van der Waals surface area contributed by atoms with Crippen molar-refractivity contribution in [3.05, 3.63) is 54.6 Å². The van der Waals surface area contributed by atoms with Crippen LogP contribution in [0.25, 0.3) is 11.1 Å². The Labute approximate surface area is 143 Å². The van der Waals surface area contributed by atoms with Crippen LogP contribution in [0.5, 0.6) is 0 Å². The van der Waals surface area contributed by atoms with Crippen molar-refractivity contribution in [2.75, 3.05) is 18.4 Å². The Bertz CT molecular complexity index is 688. The number of rotatable bonds is 7. The van der Waals surface area contributed by atoms with Gasteiger partial charge in [0.25, 0.3) is 0 Å². The predicted molar refractivity (Wildman–Crippen MR) is 97.8 cm³/mol. The topological polar surface area (TPSA) is 32.3 Å². The Kier molecular flexibility index (Phi) is 4.35. The highest BCUT2D eigenvalue weighted by Crippen LogP contribution is 2.34. The van der Waals surface area contributed by atoms with E-state index in [0.717, 1.165) is 18.2 Å². The average Bonchev–Trinajstić information content (AvgIpc) is 3.49. The van der Waals surface area contributed by atoms with Gasteiger partial charge in [0.05, 0.1) is 6.54 Å². The number of carbonyl (C=O) groups is 1. The standard InChI is InChI=1S/C21H24N2O/c24-21(15-23(20-12-13-20)14-16-6-7-16)22-19-10-8-18(9-11-19)17-4-2-1-3-5-17/h1-5,8-11,16,20H,6-7,12-15H2,(H,22,24). The van der Waals surface area contributed by atoms with E-state index < -0.39 is 0 Å². The first-order valence-corrected chi connectivity index (χ1v) is 8.97. The van der Waals surface area contributed by atoms with Gasteiger partial charge in [-0.15, -0.1) is 0 Å². The summed E-state index contributed by atoms with van der Waals surface area (Å²) in [5, 5.41) is 3.05. The number of amides is 1. The van der Waals surface area contributed by atoms with Crippen LogP contribution in [0, 0.1) is 5.92 Å². The average molecular weight is 320 g/mol. The third-order valence-electron chi connectivity index (χ3n) is 4.88. The van der Waals surface area contributed by atoms with E-state index in [9.17, 15) is 4.79 Å². The van der Waals surface area contributed by atoms with Crippen LogP contribution in [0.4, 0.5) is 5.69 Å². The van der Waals surface area contributed by atoms with Crippen molar-refractivity contribution in [1.82, 2.24) is 4.90 Å². The third-order valence-corrected chi connectivity index (χ3v) is 4.88. The summed E-state index contributed by atoms with van der Waals surface area (Å²) in [6, 6.07) is 19.0. The predicted octanol–water partition coefficient (Wildman–Crippen LogP) is 4.17. The summed E-state index contributed by atoms with van der Waals surface area (Å²) in [7, 11) is 0. The molecular formula is C21H24N2O. The lowest BCUT2D eigenvalue weighted by atomic mass is 10.1. The second-order valence-electron chi connectivity index (χ2n) is 7.10. The molecule has 0 bridgehead atoms. The van der Waals surface area contributed by atoms with Gasteiger partial charge >= 0.3 is 0 Å². The largest absolute Gasteiger partial charge is 0.325 e. The van der Waals surface area contributed by atoms with Crippen molar-refractivity contribution in [3.63, 3.8) is 0 Å². The van der Waals surface area contributed by atoms with Crippen molar-refractivity contribution in [1.29, 1.82) is 0 Å².